The number of hydrogen-bond acceptors (Lipinski definition) is 4. The average molecular weight is 420 g/mol. The Kier molecular flexibility index (Phi) is 6.74. The first-order valence-electron chi connectivity index (χ1n) is 10.2. The summed E-state index contributed by atoms with van der Waals surface area (Å²) in [5.41, 5.74) is 1.32. The topological polar surface area (TPSA) is 55.8 Å². The number of carbonyl (C=O) groups excluding carboxylic acids is 1. The van der Waals surface area contributed by atoms with Crippen molar-refractivity contribution in [1.82, 2.24) is 4.90 Å². The summed E-state index contributed by atoms with van der Waals surface area (Å²) < 4.78 is 23.1. The van der Waals surface area contributed by atoms with E-state index >= 15 is 0 Å². The number of hydrogen-bond donors (Lipinski definition) is 0. The first-order valence-corrected chi connectivity index (χ1v) is 12.4. The highest BCUT2D eigenvalue weighted by molar-refractivity contribution is 7.99. The molecule has 160 valence electrons. The molecule has 3 atom stereocenters. The van der Waals surface area contributed by atoms with Gasteiger partial charge in [0.2, 0.25) is 0 Å². The van der Waals surface area contributed by atoms with E-state index in [0.29, 0.717) is 18.4 Å². The lowest BCUT2D eigenvalue weighted by Gasteiger charge is -2.32. The van der Waals surface area contributed by atoms with Gasteiger partial charge >= 0.3 is 6.09 Å². The summed E-state index contributed by atoms with van der Waals surface area (Å²) in [5, 5.41) is 0. The van der Waals surface area contributed by atoms with Crippen LogP contribution in [0.25, 0.3) is 0 Å². The van der Waals surface area contributed by atoms with Crippen molar-refractivity contribution in [3.8, 4) is 0 Å². The number of likely N-dealkylation sites (tertiary alicyclic amines) is 1. The summed E-state index contributed by atoms with van der Waals surface area (Å²) in [6.45, 7) is 9.01. The van der Waals surface area contributed by atoms with Gasteiger partial charge in [-0.1, -0.05) is 31.7 Å². The lowest BCUT2D eigenvalue weighted by Crippen LogP contribution is -2.39. The fourth-order valence-electron chi connectivity index (χ4n) is 4.33. The Morgan fingerprint density at radius 1 is 1.31 bits per heavy atom. The lowest BCUT2D eigenvalue weighted by molar-refractivity contribution is 0.0653. The van der Waals surface area contributed by atoms with Crippen LogP contribution in [0.4, 0.5) is 4.79 Å². The van der Waals surface area contributed by atoms with Gasteiger partial charge in [0.05, 0.1) is 13.2 Å². The standard InChI is InChI=1S/C23H33NO4S/c1-5-14-28-22(25)24-12-10-19(11-13-24)21-15-23(21,2)17-27-16-18-6-8-20(9-7-18)29(3,4)26/h5-9,19,21H,1,3,10-17H2,2,4H3/t21-,23+,29?/m1/s1. The number of piperidine rings is 1. The maximum Gasteiger partial charge on any atom is 0.410 e. The van der Waals surface area contributed by atoms with Gasteiger partial charge in [0.1, 0.15) is 6.61 Å². The van der Waals surface area contributed by atoms with E-state index in [4.69, 9.17) is 9.47 Å². The van der Waals surface area contributed by atoms with Gasteiger partial charge in [-0.05, 0) is 69.6 Å². The molecule has 1 heterocycles. The molecule has 0 spiro atoms. The molecule has 1 aromatic rings. The maximum atomic E-state index is 12.0. The van der Waals surface area contributed by atoms with Crippen molar-refractivity contribution in [1.29, 1.82) is 0 Å². The van der Waals surface area contributed by atoms with Crippen molar-refractivity contribution in [3.05, 3.63) is 42.5 Å². The third-order valence-corrected chi connectivity index (χ3v) is 7.50. The molecule has 0 aromatic heterocycles. The van der Waals surface area contributed by atoms with Crippen LogP contribution < -0.4 is 0 Å². The van der Waals surface area contributed by atoms with E-state index in [1.54, 1.807) is 17.2 Å². The predicted octanol–water partition coefficient (Wildman–Crippen LogP) is 3.97. The summed E-state index contributed by atoms with van der Waals surface area (Å²) in [4.78, 5) is 14.5. The smallest absolute Gasteiger partial charge is 0.410 e. The van der Waals surface area contributed by atoms with Gasteiger partial charge in [0.25, 0.3) is 0 Å². The van der Waals surface area contributed by atoms with E-state index in [1.165, 1.54) is 6.42 Å². The lowest BCUT2D eigenvalue weighted by atomic mass is 9.88. The first kappa shape index (κ1) is 21.9. The van der Waals surface area contributed by atoms with Crippen molar-refractivity contribution in [2.45, 2.75) is 37.7 Å². The minimum absolute atomic E-state index is 0.228. The van der Waals surface area contributed by atoms with Gasteiger partial charge in [0, 0.05) is 24.2 Å². The van der Waals surface area contributed by atoms with Gasteiger partial charge in [-0.3, -0.25) is 4.21 Å². The van der Waals surface area contributed by atoms with E-state index in [1.807, 2.05) is 24.3 Å². The summed E-state index contributed by atoms with van der Waals surface area (Å²) in [7, 11) is -2.16. The number of benzene rings is 1. The molecule has 1 aromatic carbocycles. The van der Waals surface area contributed by atoms with Gasteiger partial charge < -0.3 is 14.4 Å². The van der Waals surface area contributed by atoms with Crippen molar-refractivity contribution in [2.24, 2.45) is 17.3 Å². The van der Waals surface area contributed by atoms with Crippen LogP contribution >= 0.6 is 0 Å². The van der Waals surface area contributed by atoms with E-state index in [2.05, 4.69) is 19.4 Å². The largest absolute Gasteiger partial charge is 0.445 e. The zero-order valence-electron chi connectivity index (χ0n) is 17.6. The van der Waals surface area contributed by atoms with Crippen molar-refractivity contribution < 1.29 is 18.5 Å². The zero-order valence-corrected chi connectivity index (χ0v) is 18.4. The molecular weight excluding hydrogens is 386 g/mol. The number of rotatable bonds is 8. The van der Waals surface area contributed by atoms with Crippen LogP contribution in [0.1, 0.15) is 31.7 Å². The van der Waals surface area contributed by atoms with Crippen LogP contribution in [-0.4, -0.2) is 53.6 Å². The van der Waals surface area contributed by atoms with Gasteiger partial charge in [-0.2, -0.15) is 0 Å². The molecular formula is C23H33NO4S. The third-order valence-electron chi connectivity index (χ3n) is 6.24. The van der Waals surface area contributed by atoms with E-state index < -0.39 is 9.52 Å². The molecule has 1 aliphatic carbocycles. The molecule has 0 N–H and O–H groups in total. The molecule has 1 aliphatic heterocycles. The quantitative estimate of drug-likeness (QED) is 0.473. The Morgan fingerprint density at radius 3 is 2.55 bits per heavy atom. The summed E-state index contributed by atoms with van der Waals surface area (Å²) in [6, 6.07) is 7.70. The molecule has 5 nitrogen and oxygen atoms in total. The molecule has 1 saturated heterocycles. The molecule has 1 unspecified atom stereocenters. The maximum absolute atomic E-state index is 12.0. The Morgan fingerprint density at radius 2 is 1.97 bits per heavy atom. The minimum Gasteiger partial charge on any atom is -0.445 e. The molecule has 6 heteroatoms. The fourth-order valence-corrected chi connectivity index (χ4v) is 5.04. The van der Waals surface area contributed by atoms with Crippen LogP contribution in [-0.2, 0) is 25.6 Å². The monoisotopic (exact) mass is 419 g/mol. The van der Waals surface area contributed by atoms with Crippen molar-refractivity contribution >= 4 is 21.5 Å². The van der Waals surface area contributed by atoms with Crippen LogP contribution in [0, 0.1) is 17.3 Å². The summed E-state index contributed by atoms with van der Waals surface area (Å²) >= 11 is 0. The highest BCUT2D eigenvalue weighted by Gasteiger charge is 2.54. The average Bonchev–Trinajstić information content (AvgIpc) is 3.37. The van der Waals surface area contributed by atoms with Gasteiger partial charge in [-0.15, -0.1) is 0 Å². The number of nitrogens with zero attached hydrogens (tertiary/aromatic N) is 1. The second kappa shape index (κ2) is 8.92. The van der Waals surface area contributed by atoms with Crippen molar-refractivity contribution in [2.75, 3.05) is 32.6 Å². The molecule has 1 amide bonds. The van der Waals surface area contributed by atoms with Crippen molar-refractivity contribution in [3.63, 3.8) is 0 Å². The van der Waals surface area contributed by atoms with E-state index in [-0.39, 0.29) is 18.1 Å². The van der Waals surface area contributed by atoms with Gasteiger partial charge in [0.15, 0.2) is 0 Å². The van der Waals surface area contributed by atoms with Crippen LogP contribution in [0.15, 0.2) is 41.8 Å². The molecule has 2 fully saturated rings. The van der Waals surface area contributed by atoms with Crippen LogP contribution in [0.5, 0.6) is 0 Å². The molecule has 2 aliphatic rings. The second-order valence-corrected chi connectivity index (χ2v) is 11.3. The summed E-state index contributed by atoms with van der Waals surface area (Å²) in [6.07, 6.45) is 6.28. The molecule has 1 saturated carbocycles. The Hall–Kier alpha value is -1.79. The van der Waals surface area contributed by atoms with Crippen LogP contribution in [0.3, 0.4) is 0 Å². The van der Waals surface area contributed by atoms with E-state index in [9.17, 15) is 9.00 Å². The van der Waals surface area contributed by atoms with Gasteiger partial charge in [-0.25, -0.2) is 4.79 Å². The molecule has 0 radical (unpaired) electrons. The first-order chi connectivity index (χ1) is 13.7. The third kappa shape index (κ3) is 5.64. The fraction of sp³-hybridized carbons (Fsp3) is 0.565. The summed E-state index contributed by atoms with van der Waals surface area (Å²) in [5.74, 6) is 5.04. The van der Waals surface area contributed by atoms with Crippen LogP contribution in [0.2, 0.25) is 0 Å². The molecule has 29 heavy (non-hydrogen) atoms. The number of ether oxygens (including phenoxy) is 2. The second-order valence-electron chi connectivity index (χ2n) is 8.80. The van der Waals surface area contributed by atoms with E-state index in [0.717, 1.165) is 43.0 Å². The minimum atomic E-state index is -2.16. The molecule has 3 rings (SSSR count). The number of amides is 1. The number of carbonyl (C=O) groups is 1. The Bertz CT molecular complexity index is 825. The molecule has 0 bridgehead atoms. The normalized spacial score (nSPS) is 26.6. The predicted molar refractivity (Wildman–Crippen MR) is 118 cm³/mol. The highest BCUT2D eigenvalue weighted by Crippen LogP contribution is 2.58. The SMILES string of the molecule is C=CCOC(=O)N1CCC([C@H]2C[C@@]2(C)COCc2ccc(S(=C)(C)=O)cc2)CC1. The highest BCUT2D eigenvalue weighted by atomic mass is 32.2. The Labute approximate surface area is 175 Å². The Balaban J connectivity index is 1.40. The zero-order chi connectivity index (χ0) is 21.1.